The monoisotopic (exact) mass is 410 g/mol. The number of hydrogen-bond acceptors (Lipinski definition) is 5. The highest BCUT2D eigenvalue weighted by Gasteiger charge is 2.27. The lowest BCUT2D eigenvalue weighted by Crippen LogP contribution is -2.48. The van der Waals surface area contributed by atoms with Crippen LogP contribution in [0.2, 0.25) is 0 Å². The first-order valence-electron chi connectivity index (χ1n) is 9.49. The Labute approximate surface area is 170 Å². The molecule has 0 spiro atoms. The van der Waals surface area contributed by atoms with E-state index < -0.39 is 9.84 Å². The van der Waals surface area contributed by atoms with Gasteiger partial charge < -0.3 is 9.32 Å². The molecular weight excluding hydrogens is 388 g/mol. The van der Waals surface area contributed by atoms with E-state index in [-0.39, 0.29) is 21.7 Å². The van der Waals surface area contributed by atoms with Crippen LogP contribution in [0.3, 0.4) is 0 Å². The predicted octanol–water partition coefficient (Wildman–Crippen LogP) is 3.07. The van der Waals surface area contributed by atoms with Gasteiger partial charge in [0.2, 0.25) is 14.9 Å². The summed E-state index contributed by atoms with van der Waals surface area (Å²) in [4.78, 5) is 16.9. The molecule has 1 aliphatic heterocycles. The number of piperazine rings is 1. The Morgan fingerprint density at radius 2 is 1.45 bits per heavy atom. The van der Waals surface area contributed by atoms with Gasteiger partial charge in [-0.05, 0) is 29.8 Å². The number of benzene rings is 2. The zero-order chi connectivity index (χ0) is 20.3. The van der Waals surface area contributed by atoms with Crippen LogP contribution in [0.5, 0.6) is 0 Å². The highest BCUT2D eigenvalue weighted by Crippen LogP contribution is 2.23. The Morgan fingerprint density at radius 1 is 0.828 bits per heavy atom. The summed E-state index contributed by atoms with van der Waals surface area (Å²) in [7, 11) is -3.77. The van der Waals surface area contributed by atoms with Crippen LogP contribution in [0.15, 0.2) is 87.2 Å². The normalized spacial score (nSPS) is 15.4. The van der Waals surface area contributed by atoms with Crippen LogP contribution in [0.4, 0.5) is 0 Å². The summed E-state index contributed by atoms with van der Waals surface area (Å²) in [5.41, 5.74) is 1.24. The van der Waals surface area contributed by atoms with Gasteiger partial charge in [0.25, 0.3) is 5.91 Å². The molecule has 2 heterocycles. The third kappa shape index (κ3) is 4.26. The third-order valence-corrected chi connectivity index (χ3v) is 6.66. The molecule has 1 fully saturated rings. The van der Waals surface area contributed by atoms with Crippen molar-refractivity contribution in [1.82, 2.24) is 9.80 Å². The van der Waals surface area contributed by atoms with E-state index >= 15 is 0 Å². The first-order chi connectivity index (χ1) is 14.0. The van der Waals surface area contributed by atoms with Gasteiger partial charge >= 0.3 is 0 Å². The minimum Gasteiger partial charge on any atom is -0.439 e. The van der Waals surface area contributed by atoms with Gasteiger partial charge in [-0.15, -0.1) is 0 Å². The van der Waals surface area contributed by atoms with Gasteiger partial charge in [0, 0.05) is 32.7 Å². The average molecular weight is 410 g/mol. The van der Waals surface area contributed by atoms with Crippen LogP contribution in [0.25, 0.3) is 0 Å². The molecule has 0 aliphatic carbocycles. The molecule has 0 N–H and O–H groups in total. The fraction of sp³-hybridized carbons (Fsp3) is 0.227. The first-order valence-corrected chi connectivity index (χ1v) is 11.0. The van der Waals surface area contributed by atoms with Gasteiger partial charge in [-0.1, -0.05) is 48.5 Å². The molecule has 1 amide bonds. The maximum atomic E-state index is 12.8. The molecule has 1 aromatic heterocycles. The van der Waals surface area contributed by atoms with Crippen LogP contribution in [-0.4, -0.2) is 50.3 Å². The van der Waals surface area contributed by atoms with E-state index in [1.807, 2.05) is 18.2 Å². The number of furan rings is 1. The van der Waals surface area contributed by atoms with Gasteiger partial charge in [0.15, 0.2) is 5.76 Å². The third-order valence-electron chi connectivity index (χ3n) is 5.02. The minimum absolute atomic E-state index is 0.0519. The summed E-state index contributed by atoms with van der Waals surface area (Å²) in [6.07, 6.45) is 0. The Hall–Kier alpha value is -2.90. The molecule has 29 heavy (non-hydrogen) atoms. The van der Waals surface area contributed by atoms with Crippen molar-refractivity contribution in [3.8, 4) is 0 Å². The molecule has 0 saturated carbocycles. The Balaban J connectivity index is 1.40. The van der Waals surface area contributed by atoms with Crippen LogP contribution in [0.1, 0.15) is 16.1 Å². The van der Waals surface area contributed by atoms with E-state index in [0.717, 1.165) is 19.6 Å². The van der Waals surface area contributed by atoms with Gasteiger partial charge in [-0.25, -0.2) is 8.42 Å². The molecule has 4 rings (SSSR count). The standard InChI is InChI=1S/C22H22N2O4S/c25-22(24-15-13-23(14-16-24)17-18-7-3-1-4-8-18)20-11-12-21(28-20)29(26,27)19-9-5-2-6-10-19/h1-12H,13-17H2. The summed E-state index contributed by atoms with van der Waals surface area (Å²) in [6.45, 7) is 3.52. The lowest BCUT2D eigenvalue weighted by Gasteiger charge is -2.34. The molecule has 0 radical (unpaired) electrons. The molecule has 2 aromatic carbocycles. The van der Waals surface area contributed by atoms with E-state index in [1.165, 1.54) is 29.8 Å². The Morgan fingerprint density at radius 3 is 2.10 bits per heavy atom. The molecule has 3 aromatic rings. The first kappa shape index (κ1) is 19.4. The zero-order valence-corrected chi connectivity index (χ0v) is 16.7. The Bertz CT molecular complexity index is 1070. The molecule has 6 nitrogen and oxygen atoms in total. The summed E-state index contributed by atoms with van der Waals surface area (Å²) >= 11 is 0. The predicted molar refractivity (Wildman–Crippen MR) is 108 cm³/mol. The summed E-state index contributed by atoms with van der Waals surface area (Å²) in [6, 6.07) is 21.1. The molecule has 0 bridgehead atoms. The summed E-state index contributed by atoms with van der Waals surface area (Å²) in [5.74, 6) is -0.227. The average Bonchev–Trinajstić information content (AvgIpc) is 3.26. The number of hydrogen-bond donors (Lipinski definition) is 0. The van der Waals surface area contributed by atoms with E-state index in [1.54, 1.807) is 23.1 Å². The zero-order valence-electron chi connectivity index (χ0n) is 15.9. The molecule has 0 unspecified atom stereocenters. The summed E-state index contributed by atoms with van der Waals surface area (Å²) < 4.78 is 30.7. The van der Waals surface area contributed by atoms with E-state index in [4.69, 9.17) is 4.42 Å². The van der Waals surface area contributed by atoms with Gasteiger partial charge in [-0.2, -0.15) is 0 Å². The van der Waals surface area contributed by atoms with Crippen LogP contribution < -0.4 is 0 Å². The molecular formula is C22H22N2O4S. The molecule has 1 saturated heterocycles. The topological polar surface area (TPSA) is 70.8 Å². The van der Waals surface area contributed by atoms with Crippen molar-refractivity contribution in [2.75, 3.05) is 26.2 Å². The van der Waals surface area contributed by atoms with Crippen molar-refractivity contribution >= 4 is 15.7 Å². The van der Waals surface area contributed by atoms with E-state index in [9.17, 15) is 13.2 Å². The van der Waals surface area contributed by atoms with Gasteiger partial charge in [0.1, 0.15) is 0 Å². The smallest absolute Gasteiger partial charge is 0.289 e. The number of carbonyl (C=O) groups is 1. The molecule has 1 aliphatic rings. The van der Waals surface area contributed by atoms with Crippen LogP contribution in [0, 0.1) is 0 Å². The van der Waals surface area contributed by atoms with Gasteiger partial charge in [0.05, 0.1) is 4.90 Å². The lowest BCUT2D eigenvalue weighted by atomic mass is 10.2. The number of amides is 1. The number of sulfone groups is 1. The molecule has 150 valence electrons. The van der Waals surface area contributed by atoms with Crippen molar-refractivity contribution in [2.45, 2.75) is 16.5 Å². The fourth-order valence-corrected chi connectivity index (χ4v) is 4.60. The van der Waals surface area contributed by atoms with E-state index in [2.05, 4.69) is 17.0 Å². The minimum atomic E-state index is -3.77. The lowest BCUT2D eigenvalue weighted by molar-refractivity contribution is 0.0592. The Kier molecular flexibility index (Phi) is 5.51. The van der Waals surface area contributed by atoms with Crippen molar-refractivity contribution in [2.24, 2.45) is 0 Å². The number of nitrogens with zero attached hydrogens (tertiary/aromatic N) is 2. The second-order valence-corrected chi connectivity index (χ2v) is 8.87. The molecule has 0 atom stereocenters. The SMILES string of the molecule is O=C(c1ccc(S(=O)(=O)c2ccccc2)o1)N1CCN(Cc2ccccc2)CC1. The summed E-state index contributed by atoms with van der Waals surface area (Å²) in [5, 5.41) is -0.213. The number of carbonyl (C=O) groups excluding carboxylic acids is 1. The van der Waals surface area contributed by atoms with Crippen molar-refractivity contribution < 1.29 is 17.6 Å². The van der Waals surface area contributed by atoms with Crippen molar-refractivity contribution in [3.05, 3.63) is 84.1 Å². The van der Waals surface area contributed by atoms with Crippen LogP contribution >= 0.6 is 0 Å². The fourth-order valence-electron chi connectivity index (χ4n) is 3.40. The number of rotatable bonds is 5. The van der Waals surface area contributed by atoms with Crippen LogP contribution in [-0.2, 0) is 16.4 Å². The second-order valence-electron chi connectivity index (χ2n) is 6.99. The highest BCUT2D eigenvalue weighted by atomic mass is 32.2. The maximum Gasteiger partial charge on any atom is 0.289 e. The van der Waals surface area contributed by atoms with Crippen molar-refractivity contribution in [1.29, 1.82) is 0 Å². The maximum absolute atomic E-state index is 12.8. The molecule has 7 heteroatoms. The van der Waals surface area contributed by atoms with Crippen molar-refractivity contribution in [3.63, 3.8) is 0 Å². The van der Waals surface area contributed by atoms with E-state index in [0.29, 0.717) is 13.1 Å². The quantitative estimate of drug-likeness (QED) is 0.647. The second kappa shape index (κ2) is 8.23. The highest BCUT2D eigenvalue weighted by molar-refractivity contribution is 7.91. The largest absolute Gasteiger partial charge is 0.439 e. The van der Waals surface area contributed by atoms with Gasteiger partial charge in [-0.3, -0.25) is 9.69 Å².